The summed E-state index contributed by atoms with van der Waals surface area (Å²) in [5.41, 5.74) is 5.27. The maximum Gasteiger partial charge on any atom is 0.255 e. The lowest BCUT2D eigenvalue weighted by Crippen LogP contribution is -2.36. The lowest BCUT2D eigenvalue weighted by atomic mass is 9.99. The Kier molecular flexibility index (Phi) is 4.54. The van der Waals surface area contributed by atoms with Crippen molar-refractivity contribution in [1.82, 2.24) is 9.88 Å². The second-order valence-corrected chi connectivity index (χ2v) is 6.52. The van der Waals surface area contributed by atoms with E-state index in [2.05, 4.69) is 28.5 Å². The van der Waals surface area contributed by atoms with Gasteiger partial charge in [-0.1, -0.05) is 24.3 Å². The van der Waals surface area contributed by atoms with Crippen molar-refractivity contribution in [2.24, 2.45) is 0 Å². The van der Waals surface area contributed by atoms with E-state index >= 15 is 0 Å². The SMILES string of the molecule is N#Cc1ccc(Nc2cncc(C(=O)N3CCc4ccccc4C3)c2)cc1. The summed E-state index contributed by atoms with van der Waals surface area (Å²) in [5.74, 6) is -0.0134. The highest BCUT2D eigenvalue weighted by Gasteiger charge is 2.21. The number of fused-ring (bicyclic) bond motifs is 1. The van der Waals surface area contributed by atoms with Gasteiger partial charge in [-0.3, -0.25) is 9.78 Å². The van der Waals surface area contributed by atoms with Crippen molar-refractivity contribution in [2.75, 3.05) is 11.9 Å². The molecule has 0 saturated carbocycles. The minimum Gasteiger partial charge on any atom is -0.354 e. The lowest BCUT2D eigenvalue weighted by molar-refractivity contribution is 0.0734. The lowest BCUT2D eigenvalue weighted by Gasteiger charge is -2.29. The van der Waals surface area contributed by atoms with Crippen LogP contribution in [0.25, 0.3) is 0 Å². The first-order valence-electron chi connectivity index (χ1n) is 8.81. The van der Waals surface area contributed by atoms with Gasteiger partial charge in [-0.15, -0.1) is 0 Å². The van der Waals surface area contributed by atoms with Crippen LogP contribution in [0.3, 0.4) is 0 Å². The van der Waals surface area contributed by atoms with Crippen LogP contribution < -0.4 is 5.32 Å². The van der Waals surface area contributed by atoms with Crippen molar-refractivity contribution in [3.05, 3.63) is 89.2 Å². The fourth-order valence-corrected chi connectivity index (χ4v) is 3.27. The third kappa shape index (κ3) is 3.65. The Morgan fingerprint density at radius 1 is 1.04 bits per heavy atom. The van der Waals surface area contributed by atoms with Crippen molar-refractivity contribution in [3.63, 3.8) is 0 Å². The summed E-state index contributed by atoms with van der Waals surface area (Å²) < 4.78 is 0. The number of pyridine rings is 1. The van der Waals surface area contributed by atoms with E-state index in [9.17, 15) is 4.79 Å². The molecule has 0 spiro atoms. The average molecular weight is 354 g/mol. The van der Waals surface area contributed by atoms with Crippen LogP contribution in [0.5, 0.6) is 0 Å². The number of hydrogen-bond acceptors (Lipinski definition) is 4. The van der Waals surface area contributed by atoms with Crippen molar-refractivity contribution >= 4 is 17.3 Å². The highest BCUT2D eigenvalue weighted by molar-refractivity contribution is 5.95. The monoisotopic (exact) mass is 354 g/mol. The predicted octanol–water partition coefficient (Wildman–Crippen LogP) is 3.90. The van der Waals surface area contributed by atoms with Gasteiger partial charge in [0.2, 0.25) is 0 Å². The van der Waals surface area contributed by atoms with Gasteiger partial charge in [0, 0.05) is 25.0 Å². The molecule has 0 unspecified atom stereocenters. The van der Waals surface area contributed by atoms with E-state index in [1.54, 1.807) is 24.5 Å². The third-order valence-electron chi connectivity index (χ3n) is 4.71. The first kappa shape index (κ1) is 16.8. The van der Waals surface area contributed by atoms with Crippen LogP contribution in [0.15, 0.2) is 67.0 Å². The van der Waals surface area contributed by atoms with Crippen molar-refractivity contribution < 1.29 is 4.79 Å². The molecule has 27 heavy (non-hydrogen) atoms. The predicted molar refractivity (Wildman–Crippen MR) is 104 cm³/mol. The molecule has 1 aliphatic heterocycles. The first-order valence-corrected chi connectivity index (χ1v) is 8.81. The fourth-order valence-electron chi connectivity index (χ4n) is 3.27. The van der Waals surface area contributed by atoms with E-state index in [1.165, 1.54) is 11.1 Å². The topological polar surface area (TPSA) is 69.0 Å². The molecule has 1 aromatic heterocycles. The normalized spacial score (nSPS) is 12.8. The highest BCUT2D eigenvalue weighted by atomic mass is 16.2. The highest BCUT2D eigenvalue weighted by Crippen LogP contribution is 2.22. The number of carbonyl (C=O) groups is 1. The molecule has 0 fully saturated rings. The minimum atomic E-state index is -0.0134. The van der Waals surface area contributed by atoms with E-state index in [-0.39, 0.29) is 5.91 Å². The zero-order valence-electron chi connectivity index (χ0n) is 14.7. The Balaban J connectivity index is 1.50. The maximum atomic E-state index is 12.9. The number of rotatable bonds is 3. The third-order valence-corrected chi connectivity index (χ3v) is 4.71. The summed E-state index contributed by atoms with van der Waals surface area (Å²) in [5, 5.41) is 12.1. The standard InChI is InChI=1S/C22H18N4O/c23-12-16-5-7-20(8-6-16)25-21-11-19(13-24-14-21)22(27)26-10-9-17-3-1-2-4-18(17)15-26/h1-8,11,13-14,25H,9-10,15H2. The summed E-state index contributed by atoms with van der Waals surface area (Å²) in [6.45, 7) is 1.34. The second-order valence-electron chi connectivity index (χ2n) is 6.52. The molecule has 0 bridgehead atoms. The molecule has 1 N–H and O–H groups in total. The van der Waals surface area contributed by atoms with Crippen LogP contribution in [0.1, 0.15) is 27.0 Å². The zero-order valence-corrected chi connectivity index (χ0v) is 14.7. The Morgan fingerprint density at radius 2 is 1.81 bits per heavy atom. The van der Waals surface area contributed by atoms with Gasteiger partial charge < -0.3 is 10.2 Å². The van der Waals surface area contributed by atoms with Crippen LogP contribution >= 0.6 is 0 Å². The van der Waals surface area contributed by atoms with E-state index in [4.69, 9.17) is 5.26 Å². The van der Waals surface area contributed by atoms with Gasteiger partial charge in [-0.05, 0) is 47.9 Å². The van der Waals surface area contributed by atoms with Crippen LogP contribution in [-0.4, -0.2) is 22.3 Å². The van der Waals surface area contributed by atoms with Crippen molar-refractivity contribution in [3.8, 4) is 6.07 Å². The summed E-state index contributed by atoms with van der Waals surface area (Å²) in [7, 11) is 0. The molecule has 5 heteroatoms. The molecule has 132 valence electrons. The quantitative estimate of drug-likeness (QED) is 0.775. The van der Waals surface area contributed by atoms with Crippen LogP contribution in [0.2, 0.25) is 0 Å². The Hall–Kier alpha value is -3.65. The molecule has 1 aliphatic rings. The molecule has 2 aromatic carbocycles. The molecular formula is C22H18N4O. The molecule has 0 atom stereocenters. The number of nitriles is 1. The summed E-state index contributed by atoms with van der Waals surface area (Å²) in [6.07, 6.45) is 4.16. The number of anilines is 2. The van der Waals surface area contributed by atoms with Gasteiger partial charge in [-0.2, -0.15) is 5.26 Å². The van der Waals surface area contributed by atoms with Gasteiger partial charge in [0.1, 0.15) is 0 Å². The molecule has 0 saturated heterocycles. The van der Waals surface area contributed by atoms with Crippen LogP contribution in [-0.2, 0) is 13.0 Å². The number of benzene rings is 2. The average Bonchev–Trinajstić information content (AvgIpc) is 2.73. The molecular weight excluding hydrogens is 336 g/mol. The van der Waals surface area contributed by atoms with Gasteiger partial charge in [0.15, 0.2) is 0 Å². The number of carbonyl (C=O) groups excluding carboxylic acids is 1. The van der Waals surface area contributed by atoms with Crippen molar-refractivity contribution in [2.45, 2.75) is 13.0 Å². The smallest absolute Gasteiger partial charge is 0.255 e. The summed E-state index contributed by atoms with van der Waals surface area (Å²) >= 11 is 0. The number of nitrogens with one attached hydrogen (secondary N) is 1. The Morgan fingerprint density at radius 3 is 2.59 bits per heavy atom. The second kappa shape index (κ2) is 7.30. The molecule has 3 aromatic rings. The number of hydrogen-bond donors (Lipinski definition) is 1. The van der Waals surface area contributed by atoms with E-state index in [0.29, 0.717) is 24.2 Å². The van der Waals surface area contributed by atoms with Gasteiger partial charge in [0.25, 0.3) is 5.91 Å². The van der Waals surface area contributed by atoms with E-state index in [0.717, 1.165) is 17.8 Å². The fraction of sp³-hybridized carbons (Fsp3) is 0.136. The molecule has 2 heterocycles. The van der Waals surface area contributed by atoms with Crippen molar-refractivity contribution in [1.29, 1.82) is 5.26 Å². The maximum absolute atomic E-state index is 12.9. The van der Waals surface area contributed by atoms with E-state index < -0.39 is 0 Å². The molecule has 5 nitrogen and oxygen atoms in total. The van der Waals surface area contributed by atoms with Crippen LogP contribution in [0.4, 0.5) is 11.4 Å². The first-order chi connectivity index (χ1) is 13.2. The summed E-state index contributed by atoms with van der Waals surface area (Å²) in [6, 6.07) is 19.3. The number of aromatic nitrogens is 1. The number of amides is 1. The van der Waals surface area contributed by atoms with Gasteiger partial charge >= 0.3 is 0 Å². The number of nitrogens with zero attached hydrogens (tertiary/aromatic N) is 3. The van der Waals surface area contributed by atoms with E-state index in [1.807, 2.05) is 35.2 Å². The Labute approximate surface area is 157 Å². The molecule has 1 amide bonds. The van der Waals surface area contributed by atoms with Gasteiger partial charge in [0.05, 0.1) is 29.1 Å². The summed E-state index contributed by atoms with van der Waals surface area (Å²) in [4.78, 5) is 19.0. The van der Waals surface area contributed by atoms with Crippen LogP contribution in [0, 0.1) is 11.3 Å². The van der Waals surface area contributed by atoms with Gasteiger partial charge in [-0.25, -0.2) is 0 Å². The molecule has 0 aliphatic carbocycles. The zero-order chi connectivity index (χ0) is 18.6. The molecule has 0 radical (unpaired) electrons. The minimum absolute atomic E-state index is 0.0134. The molecule has 4 rings (SSSR count). The Bertz CT molecular complexity index is 1020. The largest absolute Gasteiger partial charge is 0.354 e.